The first-order valence-electron chi connectivity index (χ1n) is 9.65. The second kappa shape index (κ2) is 11.5. The Balaban J connectivity index is 1.92. The minimum Gasteiger partial charge on any atom is -0.493 e. The normalized spacial score (nSPS) is 11.7. The predicted octanol–water partition coefficient (Wildman–Crippen LogP) is 3.74. The van der Waals surface area contributed by atoms with Crippen LogP contribution < -0.4 is 20.2 Å². The van der Waals surface area contributed by atoms with Crippen LogP contribution in [-0.4, -0.2) is 31.7 Å². The van der Waals surface area contributed by atoms with Crippen LogP contribution in [-0.2, 0) is 9.59 Å². The largest absolute Gasteiger partial charge is 0.493 e. The van der Waals surface area contributed by atoms with E-state index < -0.39 is 23.5 Å². The fourth-order valence-corrected chi connectivity index (χ4v) is 2.40. The van der Waals surface area contributed by atoms with Gasteiger partial charge in [0.05, 0.1) is 25.6 Å². The minimum atomic E-state index is -1.06. The first-order chi connectivity index (χ1) is 14.5. The number of carbonyl (C=O) groups excluding carboxylic acids is 2. The maximum absolute atomic E-state index is 13.6. The van der Waals surface area contributed by atoms with Crippen molar-refractivity contribution < 1.29 is 23.5 Å². The fraction of sp³-hybridized carbons (Fsp3) is 0.318. The number of halogens is 1. The van der Waals surface area contributed by atoms with Crippen LogP contribution in [0.2, 0.25) is 0 Å². The van der Waals surface area contributed by atoms with Crippen LogP contribution >= 0.6 is 0 Å². The molecule has 0 bridgehead atoms. The van der Waals surface area contributed by atoms with Gasteiger partial charge in [-0.2, -0.15) is 5.10 Å². The van der Waals surface area contributed by atoms with E-state index in [-0.39, 0.29) is 5.69 Å². The van der Waals surface area contributed by atoms with E-state index in [4.69, 9.17) is 9.47 Å². The zero-order valence-electron chi connectivity index (χ0n) is 17.3. The number of methoxy groups -OCH3 is 1. The lowest BCUT2D eigenvalue weighted by molar-refractivity contribution is -0.131. The summed E-state index contributed by atoms with van der Waals surface area (Å²) in [6.45, 7) is 4.09. The molecule has 0 aromatic heterocycles. The summed E-state index contributed by atoms with van der Waals surface area (Å²) in [5.74, 6) is -1.71. The average Bonchev–Trinajstić information content (AvgIpc) is 2.75. The third-order valence-electron chi connectivity index (χ3n) is 4.25. The predicted molar refractivity (Wildman–Crippen MR) is 113 cm³/mol. The second-order valence-corrected chi connectivity index (χ2v) is 6.54. The molecular weight excluding hydrogens is 389 g/mol. The highest BCUT2D eigenvalue weighted by Gasteiger charge is 2.22. The average molecular weight is 415 g/mol. The molecule has 1 atom stereocenters. The zero-order valence-corrected chi connectivity index (χ0v) is 17.3. The van der Waals surface area contributed by atoms with E-state index in [0.717, 1.165) is 12.8 Å². The molecule has 0 saturated carbocycles. The lowest BCUT2D eigenvalue weighted by Crippen LogP contribution is -2.34. The molecule has 0 spiro atoms. The Hall–Kier alpha value is -3.42. The van der Waals surface area contributed by atoms with Crippen molar-refractivity contribution in [2.75, 3.05) is 19.0 Å². The summed E-state index contributed by atoms with van der Waals surface area (Å²) < 4.78 is 24.6. The highest BCUT2D eigenvalue weighted by Crippen LogP contribution is 2.27. The molecule has 160 valence electrons. The maximum atomic E-state index is 13.6. The minimum absolute atomic E-state index is 0.0130. The van der Waals surface area contributed by atoms with Crippen molar-refractivity contribution in [1.82, 2.24) is 5.43 Å². The Morgan fingerprint density at radius 2 is 1.93 bits per heavy atom. The molecule has 0 aliphatic heterocycles. The molecule has 8 heteroatoms. The summed E-state index contributed by atoms with van der Waals surface area (Å²) in [5.41, 5.74) is 3.00. The molecule has 0 heterocycles. The van der Waals surface area contributed by atoms with Crippen LogP contribution in [0.3, 0.4) is 0 Å². The van der Waals surface area contributed by atoms with E-state index in [1.807, 2.05) is 0 Å². The number of hydrogen-bond donors (Lipinski definition) is 2. The summed E-state index contributed by atoms with van der Waals surface area (Å²) in [7, 11) is 1.54. The highest BCUT2D eigenvalue weighted by atomic mass is 19.1. The number of unbranched alkanes of at least 4 members (excludes halogenated alkanes) is 1. The quantitative estimate of drug-likeness (QED) is 0.268. The summed E-state index contributed by atoms with van der Waals surface area (Å²) in [6.07, 6.45) is 3.41. The fourth-order valence-electron chi connectivity index (χ4n) is 2.40. The van der Waals surface area contributed by atoms with Gasteiger partial charge in [-0.3, -0.25) is 9.59 Å². The van der Waals surface area contributed by atoms with Crippen LogP contribution in [0.5, 0.6) is 11.5 Å². The van der Waals surface area contributed by atoms with E-state index in [9.17, 15) is 14.0 Å². The van der Waals surface area contributed by atoms with Gasteiger partial charge in [-0.05, 0) is 49.2 Å². The maximum Gasteiger partial charge on any atom is 0.252 e. The number of ether oxygens (including phenoxy) is 2. The Labute approximate surface area is 175 Å². The summed E-state index contributed by atoms with van der Waals surface area (Å²) in [5, 5.41) is 6.26. The molecule has 0 fully saturated rings. The van der Waals surface area contributed by atoms with Crippen LogP contribution in [0.1, 0.15) is 32.3 Å². The van der Waals surface area contributed by atoms with Crippen molar-refractivity contribution in [3.8, 4) is 11.5 Å². The topological polar surface area (TPSA) is 89.0 Å². The standard InChI is InChI=1S/C22H26FN3O4/c1-4-5-12-30-19-11-10-16(13-20(19)29-3)14-24-26-22(28)15(2)21(27)25-18-9-7-6-8-17(18)23/h6-11,13-15H,4-5,12H2,1-3H3,(H,25,27)(H,26,28). The number of hydrazone groups is 1. The molecule has 0 aliphatic carbocycles. The molecule has 2 aromatic carbocycles. The molecule has 0 aliphatic rings. The Morgan fingerprint density at radius 1 is 1.17 bits per heavy atom. The molecule has 2 rings (SSSR count). The molecule has 2 amide bonds. The van der Waals surface area contributed by atoms with Crippen LogP contribution in [0.4, 0.5) is 10.1 Å². The lowest BCUT2D eigenvalue weighted by Gasteiger charge is -2.11. The smallest absolute Gasteiger partial charge is 0.252 e. The first kappa shape index (κ1) is 22.9. The molecule has 2 N–H and O–H groups in total. The van der Waals surface area contributed by atoms with Crippen LogP contribution in [0, 0.1) is 11.7 Å². The number of carbonyl (C=O) groups is 2. The number of nitrogens with zero attached hydrogens (tertiary/aromatic N) is 1. The van der Waals surface area contributed by atoms with Crippen molar-refractivity contribution in [2.24, 2.45) is 11.0 Å². The Kier molecular flexibility index (Phi) is 8.80. The number of amides is 2. The Morgan fingerprint density at radius 3 is 2.63 bits per heavy atom. The van der Waals surface area contributed by atoms with Gasteiger partial charge in [0.25, 0.3) is 5.91 Å². The zero-order chi connectivity index (χ0) is 21.9. The Bertz CT molecular complexity index is 902. The highest BCUT2D eigenvalue weighted by molar-refractivity contribution is 6.06. The summed E-state index contributed by atoms with van der Waals surface area (Å²) in [4.78, 5) is 24.3. The summed E-state index contributed by atoms with van der Waals surface area (Å²) in [6, 6.07) is 11.0. The van der Waals surface area contributed by atoms with Gasteiger partial charge in [-0.1, -0.05) is 25.5 Å². The van der Waals surface area contributed by atoms with Crippen molar-refractivity contribution in [1.29, 1.82) is 0 Å². The van der Waals surface area contributed by atoms with Crippen molar-refractivity contribution in [2.45, 2.75) is 26.7 Å². The van der Waals surface area contributed by atoms with Crippen LogP contribution in [0.25, 0.3) is 0 Å². The van der Waals surface area contributed by atoms with E-state index in [0.29, 0.717) is 23.7 Å². The number of hydrogen-bond acceptors (Lipinski definition) is 5. The number of anilines is 1. The van der Waals surface area contributed by atoms with Crippen molar-refractivity contribution in [3.63, 3.8) is 0 Å². The SMILES string of the molecule is CCCCOc1ccc(C=NNC(=O)C(C)C(=O)Nc2ccccc2F)cc1OC. The molecule has 7 nitrogen and oxygen atoms in total. The van der Waals surface area contributed by atoms with Gasteiger partial charge in [0.15, 0.2) is 11.5 Å². The molecule has 0 radical (unpaired) electrons. The monoisotopic (exact) mass is 415 g/mol. The third-order valence-corrected chi connectivity index (χ3v) is 4.25. The third kappa shape index (κ3) is 6.58. The molecule has 30 heavy (non-hydrogen) atoms. The van der Waals surface area contributed by atoms with Gasteiger partial charge >= 0.3 is 0 Å². The first-order valence-corrected chi connectivity index (χ1v) is 9.65. The van der Waals surface area contributed by atoms with Gasteiger partial charge in [0.2, 0.25) is 5.91 Å². The van der Waals surface area contributed by atoms with E-state index >= 15 is 0 Å². The van der Waals surface area contributed by atoms with E-state index in [2.05, 4.69) is 22.8 Å². The van der Waals surface area contributed by atoms with Crippen molar-refractivity contribution >= 4 is 23.7 Å². The van der Waals surface area contributed by atoms with E-state index in [1.54, 1.807) is 31.4 Å². The molecular formula is C22H26FN3O4. The number of benzene rings is 2. The second-order valence-electron chi connectivity index (χ2n) is 6.54. The van der Waals surface area contributed by atoms with Gasteiger partial charge in [0, 0.05) is 0 Å². The van der Waals surface area contributed by atoms with Gasteiger partial charge < -0.3 is 14.8 Å². The summed E-state index contributed by atoms with van der Waals surface area (Å²) >= 11 is 0. The van der Waals surface area contributed by atoms with Gasteiger partial charge in [-0.15, -0.1) is 0 Å². The number of nitrogens with one attached hydrogen (secondary N) is 2. The number of rotatable bonds is 10. The number of para-hydroxylation sites is 1. The molecule has 2 aromatic rings. The van der Waals surface area contributed by atoms with Gasteiger partial charge in [-0.25, -0.2) is 9.82 Å². The molecule has 1 unspecified atom stereocenters. The lowest BCUT2D eigenvalue weighted by atomic mass is 10.1. The van der Waals surface area contributed by atoms with Crippen LogP contribution in [0.15, 0.2) is 47.6 Å². The van der Waals surface area contributed by atoms with Crippen molar-refractivity contribution in [3.05, 3.63) is 53.8 Å². The molecule has 0 saturated heterocycles. The van der Waals surface area contributed by atoms with Gasteiger partial charge in [0.1, 0.15) is 11.7 Å². The van der Waals surface area contributed by atoms with E-state index in [1.165, 1.54) is 31.3 Å².